The highest BCUT2D eigenvalue weighted by Crippen LogP contribution is 2.26. The highest BCUT2D eigenvalue weighted by molar-refractivity contribution is 5.81. The number of halogens is 1. The lowest BCUT2D eigenvalue weighted by Crippen LogP contribution is -2.46. The molecule has 1 fully saturated rings. The summed E-state index contributed by atoms with van der Waals surface area (Å²) < 4.78 is 21.4. The number of fused-ring (bicyclic) bond motifs is 1. The Morgan fingerprint density at radius 3 is 2.59 bits per heavy atom. The number of carbonyl (C=O) groups is 1. The Labute approximate surface area is 184 Å². The van der Waals surface area contributed by atoms with Crippen LogP contribution in [0.15, 0.2) is 53.3 Å². The fraction of sp³-hybridized carbons (Fsp3) is 0.375. The molecule has 0 bridgehead atoms. The Hall–Kier alpha value is -3.26. The van der Waals surface area contributed by atoms with Gasteiger partial charge in [-0.25, -0.2) is 18.9 Å². The second kappa shape index (κ2) is 8.70. The first-order valence-corrected chi connectivity index (χ1v) is 11.0. The number of likely N-dealkylation sites (tertiary alicyclic amines) is 1. The van der Waals surface area contributed by atoms with Crippen molar-refractivity contribution in [1.82, 2.24) is 19.7 Å². The maximum absolute atomic E-state index is 14.2. The van der Waals surface area contributed by atoms with Crippen LogP contribution >= 0.6 is 0 Å². The molecule has 5 rings (SSSR count). The number of hydrogen-bond acceptors (Lipinski definition) is 4. The van der Waals surface area contributed by atoms with Crippen molar-refractivity contribution >= 4 is 5.91 Å². The van der Waals surface area contributed by atoms with E-state index >= 15 is 0 Å². The van der Waals surface area contributed by atoms with Crippen LogP contribution in [-0.2, 0) is 29.0 Å². The van der Waals surface area contributed by atoms with Crippen LogP contribution in [0.25, 0.3) is 5.69 Å². The number of benzene rings is 2. The lowest BCUT2D eigenvalue weighted by molar-refractivity contribution is -0.147. The summed E-state index contributed by atoms with van der Waals surface area (Å²) in [6.45, 7) is 1.74. The second-order valence-electron chi connectivity index (χ2n) is 8.48. The van der Waals surface area contributed by atoms with Crippen molar-refractivity contribution in [3.63, 3.8) is 0 Å². The molecule has 3 aromatic rings. The van der Waals surface area contributed by atoms with Gasteiger partial charge in [0.05, 0.1) is 12.3 Å². The Kier molecular flexibility index (Phi) is 5.61. The number of H-pyrrole nitrogens is 1. The van der Waals surface area contributed by atoms with E-state index in [0.717, 1.165) is 18.4 Å². The van der Waals surface area contributed by atoms with Gasteiger partial charge in [0, 0.05) is 25.9 Å². The van der Waals surface area contributed by atoms with Crippen molar-refractivity contribution in [2.45, 2.75) is 38.4 Å². The predicted molar refractivity (Wildman–Crippen MR) is 116 cm³/mol. The number of nitrogens with zero attached hydrogens (tertiary/aromatic N) is 3. The summed E-state index contributed by atoms with van der Waals surface area (Å²) in [4.78, 5) is 27.1. The number of piperidine rings is 1. The van der Waals surface area contributed by atoms with Crippen LogP contribution in [0, 0.1) is 11.7 Å². The molecule has 8 heteroatoms. The SMILES string of the molecule is O=C(C1Cc2ccccc2CO1)N1CCC(Cc2n[nH]c(=O)n2-c2ccccc2F)CC1. The standard InChI is InChI=1S/C24H25FN4O3/c25-19-7-3-4-8-20(19)29-22(26-27-24(29)31)13-16-9-11-28(12-10-16)23(30)21-14-17-5-1-2-6-18(17)15-32-21/h1-8,16,21H,9-15H2,(H,27,31). The Bertz CT molecular complexity index is 1180. The van der Waals surface area contributed by atoms with Crippen molar-refractivity contribution in [2.24, 2.45) is 5.92 Å². The van der Waals surface area contributed by atoms with E-state index in [-0.39, 0.29) is 17.5 Å². The topological polar surface area (TPSA) is 80.2 Å². The van der Waals surface area contributed by atoms with Gasteiger partial charge in [-0.3, -0.25) is 4.79 Å². The summed E-state index contributed by atoms with van der Waals surface area (Å²) >= 11 is 0. The summed E-state index contributed by atoms with van der Waals surface area (Å²) in [5.41, 5.74) is 2.07. The van der Waals surface area contributed by atoms with Crippen LogP contribution in [0.4, 0.5) is 4.39 Å². The smallest absolute Gasteiger partial charge is 0.348 e. The largest absolute Gasteiger partial charge is 0.363 e. The molecule has 0 radical (unpaired) electrons. The molecular weight excluding hydrogens is 411 g/mol. The van der Waals surface area contributed by atoms with Gasteiger partial charge in [-0.2, -0.15) is 5.10 Å². The zero-order valence-electron chi connectivity index (χ0n) is 17.7. The zero-order chi connectivity index (χ0) is 22.1. The molecular formula is C24H25FN4O3. The molecule has 1 N–H and O–H groups in total. The summed E-state index contributed by atoms with van der Waals surface area (Å²) in [7, 11) is 0. The first kappa shape index (κ1) is 20.6. The first-order chi connectivity index (χ1) is 15.6. The number of carbonyl (C=O) groups excluding carboxylic acids is 1. The molecule has 1 atom stereocenters. The quantitative estimate of drug-likeness (QED) is 0.682. The third-order valence-electron chi connectivity index (χ3n) is 6.47. The second-order valence-corrected chi connectivity index (χ2v) is 8.48. The van der Waals surface area contributed by atoms with Crippen LogP contribution in [0.1, 0.15) is 29.8 Å². The lowest BCUT2D eigenvalue weighted by Gasteiger charge is -2.35. The number of nitrogens with one attached hydrogen (secondary N) is 1. The van der Waals surface area contributed by atoms with Crippen LogP contribution in [0.3, 0.4) is 0 Å². The van der Waals surface area contributed by atoms with E-state index in [1.54, 1.807) is 18.2 Å². The van der Waals surface area contributed by atoms with Gasteiger partial charge in [0.25, 0.3) is 5.91 Å². The van der Waals surface area contributed by atoms with Gasteiger partial charge in [-0.05, 0) is 42.0 Å². The van der Waals surface area contributed by atoms with Gasteiger partial charge in [-0.15, -0.1) is 0 Å². The van der Waals surface area contributed by atoms with Crippen molar-refractivity contribution in [3.8, 4) is 5.69 Å². The number of ether oxygens (including phenoxy) is 1. The fourth-order valence-corrected chi connectivity index (χ4v) is 4.67. The van der Waals surface area contributed by atoms with Crippen LogP contribution < -0.4 is 5.69 Å². The minimum atomic E-state index is -0.466. The van der Waals surface area contributed by atoms with Gasteiger partial charge in [0.2, 0.25) is 0 Å². The predicted octanol–water partition coefficient (Wildman–Crippen LogP) is 2.62. The van der Waals surface area contributed by atoms with Crippen molar-refractivity contribution in [3.05, 3.63) is 81.8 Å². The number of amides is 1. The minimum Gasteiger partial charge on any atom is -0.363 e. The summed E-state index contributed by atoms with van der Waals surface area (Å²) in [6.07, 6.45) is 2.32. The van der Waals surface area contributed by atoms with E-state index in [2.05, 4.69) is 16.3 Å². The van der Waals surface area contributed by atoms with Crippen LogP contribution in [0.2, 0.25) is 0 Å². The molecule has 2 aromatic carbocycles. The molecule has 2 aliphatic rings. The normalized spacial score (nSPS) is 19.0. The van der Waals surface area contributed by atoms with E-state index in [4.69, 9.17) is 4.74 Å². The van der Waals surface area contributed by atoms with E-state index < -0.39 is 17.6 Å². The van der Waals surface area contributed by atoms with E-state index in [1.165, 1.54) is 16.2 Å². The number of para-hydroxylation sites is 1. The maximum atomic E-state index is 14.2. The molecule has 32 heavy (non-hydrogen) atoms. The number of hydrogen-bond donors (Lipinski definition) is 1. The van der Waals surface area contributed by atoms with Crippen molar-refractivity contribution < 1.29 is 13.9 Å². The first-order valence-electron chi connectivity index (χ1n) is 11.0. The molecule has 1 saturated heterocycles. The number of rotatable bonds is 4. The Morgan fingerprint density at radius 1 is 1.09 bits per heavy atom. The average molecular weight is 436 g/mol. The molecule has 1 amide bonds. The molecule has 7 nitrogen and oxygen atoms in total. The Morgan fingerprint density at radius 2 is 1.81 bits per heavy atom. The number of aromatic nitrogens is 3. The zero-order valence-corrected chi connectivity index (χ0v) is 17.7. The molecule has 0 spiro atoms. The van der Waals surface area contributed by atoms with Gasteiger partial charge in [0.15, 0.2) is 0 Å². The van der Waals surface area contributed by atoms with E-state index in [1.807, 2.05) is 23.1 Å². The van der Waals surface area contributed by atoms with Gasteiger partial charge in [0.1, 0.15) is 17.7 Å². The molecule has 3 heterocycles. The molecule has 1 aromatic heterocycles. The maximum Gasteiger partial charge on any atom is 0.348 e. The van der Waals surface area contributed by atoms with Gasteiger partial charge in [-0.1, -0.05) is 36.4 Å². The Balaban J connectivity index is 1.22. The van der Waals surface area contributed by atoms with E-state index in [0.29, 0.717) is 38.4 Å². The summed E-state index contributed by atoms with van der Waals surface area (Å²) in [5, 5.41) is 6.57. The minimum absolute atomic E-state index is 0.0426. The highest BCUT2D eigenvalue weighted by Gasteiger charge is 2.32. The fourth-order valence-electron chi connectivity index (χ4n) is 4.67. The number of aromatic amines is 1. The van der Waals surface area contributed by atoms with E-state index in [9.17, 15) is 14.0 Å². The third-order valence-corrected chi connectivity index (χ3v) is 6.47. The lowest BCUT2D eigenvalue weighted by atomic mass is 9.92. The van der Waals surface area contributed by atoms with Crippen molar-refractivity contribution in [1.29, 1.82) is 0 Å². The monoisotopic (exact) mass is 436 g/mol. The summed E-state index contributed by atoms with van der Waals surface area (Å²) in [6, 6.07) is 14.3. The summed E-state index contributed by atoms with van der Waals surface area (Å²) in [5.74, 6) is 0.345. The van der Waals surface area contributed by atoms with Crippen molar-refractivity contribution in [2.75, 3.05) is 13.1 Å². The van der Waals surface area contributed by atoms with Gasteiger partial charge < -0.3 is 9.64 Å². The highest BCUT2D eigenvalue weighted by atomic mass is 19.1. The van der Waals surface area contributed by atoms with Gasteiger partial charge >= 0.3 is 5.69 Å². The average Bonchev–Trinajstić information content (AvgIpc) is 3.18. The molecule has 0 aliphatic carbocycles. The molecule has 1 unspecified atom stereocenters. The van der Waals surface area contributed by atoms with Crippen LogP contribution in [-0.4, -0.2) is 44.8 Å². The molecule has 2 aliphatic heterocycles. The molecule has 166 valence electrons. The molecule has 0 saturated carbocycles. The van der Waals surface area contributed by atoms with Crippen LogP contribution in [0.5, 0.6) is 0 Å². The third kappa shape index (κ3) is 3.98.